The van der Waals surface area contributed by atoms with Gasteiger partial charge in [-0.15, -0.1) is 0 Å². The minimum Gasteiger partial charge on any atom is -0.329 e. The summed E-state index contributed by atoms with van der Waals surface area (Å²) in [4.78, 5) is 2.52. The minimum atomic E-state index is 0.288. The van der Waals surface area contributed by atoms with E-state index < -0.39 is 0 Å². The Morgan fingerprint density at radius 2 is 1.85 bits per heavy atom. The van der Waals surface area contributed by atoms with E-state index in [-0.39, 0.29) is 6.04 Å². The molecule has 0 spiro atoms. The summed E-state index contributed by atoms with van der Waals surface area (Å²) in [5.41, 5.74) is 7.35. The molecule has 1 unspecified atom stereocenters. The smallest absolute Gasteiger partial charge is 0.0473 e. The Labute approximate surface area is 140 Å². The third kappa shape index (κ3) is 5.14. The van der Waals surface area contributed by atoms with Gasteiger partial charge in [0.15, 0.2) is 0 Å². The molecule has 0 saturated heterocycles. The zero-order valence-corrected chi connectivity index (χ0v) is 15.9. The van der Waals surface area contributed by atoms with Crippen LogP contribution in [0, 0.1) is 0 Å². The number of nitrogens with zero attached hydrogens (tertiary/aromatic N) is 1. The van der Waals surface area contributed by atoms with Gasteiger partial charge in [-0.05, 0) is 76.4 Å². The molecule has 0 aliphatic rings. The highest BCUT2D eigenvalue weighted by molar-refractivity contribution is 9.13. The van der Waals surface area contributed by atoms with Gasteiger partial charge in [-0.3, -0.25) is 4.90 Å². The highest BCUT2D eigenvalue weighted by Crippen LogP contribution is 2.29. The van der Waals surface area contributed by atoms with Crippen LogP contribution in [-0.2, 0) is 0 Å². The van der Waals surface area contributed by atoms with Crippen molar-refractivity contribution in [3.63, 3.8) is 0 Å². The Bertz CT molecular complexity index is 407. The lowest BCUT2D eigenvalue weighted by Crippen LogP contribution is -2.39. The van der Waals surface area contributed by atoms with E-state index in [1.165, 1.54) is 24.8 Å². The molecule has 2 nitrogen and oxygen atoms in total. The minimum absolute atomic E-state index is 0.288. The normalized spacial score (nSPS) is 13.2. The molecule has 0 amide bonds. The summed E-state index contributed by atoms with van der Waals surface area (Å²) in [6.07, 6.45) is 3.77. The molecule has 1 rings (SSSR count). The van der Waals surface area contributed by atoms with Crippen LogP contribution in [0.25, 0.3) is 0 Å². The van der Waals surface area contributed by atoms with E-state index in [1.54, 1.807) is 0 Å². The fourth-order valence-electron chi connectivity index (χ4n) is 2.50. The van der Waals surface area contributed by atoms with E-state index in [4.69, 9.17) is 5.73 Å². The zero-order chi connectivity index (χ0) is 15.1. The van der Waals surface area contributed by atoms with Gasteiger partial charge in [0, 0.05) is 27.6 Å². The summed E-state index contributed by atoms with van der Waals surface area (Å²) in [6.45, 7) is 8.51. The lowest BCUT2D eigenvalue weighted by Gasteiger charge is -2.35. The van der Waals surface area contributed by atoms with Gasteiger partial charge in [-0.2, -0.15) is 0 Å². The van der Waals surface area contributed by atoms with Crippen LogP contribution >= 0.6 is 31.9 Å². The topological polar surface area (TPSA) is 29.3 Å². The highest BCUT2D eigenvalue weighted by Gasteiger charge is 2.21. The van der Waals surface area contributed by atoms with Gasteiger partial charge < -0.3 is 5.73 Å². The van der Waals surface area contributed by atoms with Crippen LogP contribution in [0.5, 0.6) is 0 Å². The first-order chi connectivity index (χ1) is 9.51. The van der Waals surface area contributed by atoms with Gasteiger partial charge in [-0.1, -0.05) is 25.8 Å². The predicted molar refractivity (Wildman–Crippen MR) is 95.0 cm³/mol. The van der Waals surface area contributed by atoms with E-state index in [9.17, 15) is 0 Å². The molecule has 4 heteroatoms. The number of halogens is 2. The average molecular weight is 406 g/mol. The lowest BCUT2D eigenvalue weighted by atomic mass is 10.0. The van der Waals surface area contributed by atoms with Crippen molar-refractivity contribution >= 4 is 31.9 Å². The Morgan fingerprint density at radius 1 is 1.15 bits per heavy atom. The van der Waals surface area contributed by atoms with E-state index in [0.717, 1.165) is 15.5 Å². The highest BCUT2D eigenvalue weighted by atomic mass is 79.9. The molecule has 1 atom stereocenters. The molecule has 1 aromatic rings. The summed E-state index contributed by atoms with van der Waals surface area (Å²) in [7, 11) is 0. The largest absolute Gasteiger partial charge is 0.329 e. The van der Waals surface area contributed by atoms with Gasteiger partial charge in [0.05, 0.1) is 0 Å². The second-order valence-corrected chi connectivity index (χ2v) is 7.17. The number of benzene rings is 1. The quantitative estimate of drug-likeness (QED) is 0.608. The number of hydrogen-bond acceptors (Lipinski definition) is 2. The zero-order valence-electron chi connectivity index (χ0n) is 12.7. The molecule has 2 N–H and O–H groups in total. The summed E-state index contributed by atoms with van der Waals surface area (Å²) in [5.74, 6) is 0. The van der Waals surface area contributed by atoms with Crippen molar-refractivity contribution in [2.45, 2.75) is 52.1 Å². The van der Waals surface area contributed by atoms with Gasteiger partial charge in [0.1, 0.15) is 0 Å². The SMILES string of the molecule is CCCCCN(C(C)C)C(CN)c1ccc(Br)c(Br)c1. The van der Waals surface area contributed by atoms with E-state index >= 15 is 0 Å². The Balaban J connectivity index is 2.91. The molecule has 0 heterocycles. The third-order valence-electron chi connectivity index (χ3n) is 3.64. The molecule has 0 fully saturated rings. The molecular formula is C16H26Br2N2. The van der Waals surface area contributed by atoms with Crippen LogP contribution < -0.4 is 5.73 Å². The molecule has 20 heavy (non-hydrogen) atoms. The monoisotopic (exact) mass is 404 g/mol. The molecule has 0 aromatic heterocycles. The maximum atomic E-state index is 6.07. The van der Waals surface area contributed by atoms with Crippen molar-refractivity contribution in [2.75, 3.05) is 13.1 Å². The van der Waals surface area contributed by atoms with Crippen molar-refractivity contribution in [3.8, 4) is 0 Å². The van der Waals surface area contributed by atoms with E-state index in [0.29, 0.717) is 12.6 Å². The average Bonchev–Trinajstić information content (AvgIpc) is 2.41. The second kappa shape index (κ2) is 9.19. The Morgan fingerprint density at radius 3 is 2.35 bits per heavy atom. The van der Waals surface area contributed by atoms with Gasteiger partial charge in [0.25, 0.3) is 0 Å². The fourth-order valence-corrected chi connectivity index (χ4v) is 3.14. The molecular weight excluding hydrogens is 380 g/mol. The molecule has 0 aliphatic carbocycles. The Kier molecular flexibility index (Phi) is 8.34. The van der Waals surface area contributed by atoms with Crippen LogP contribution in [0.4, 0.5) is 0 Å². The maximum Gasteiger partial charge on any atom is 0.0473 e. The number of rotatable bonds is 8. The molecule has 1 aromatic carbocycles. The summed E-state index contributed by atoms with van der Waals surface area (Å²) in [5, 5.41) is 0. The van der Waals surface area contributed by atoms with Crippen molar-refractivity contribution in [1.29, 1.82) is 0 Å². The number of nitrogens with two attached hydrogens (primary N) is 1. The van der Waals surface area contributed by atoms with Crippen LogP contribution in [-0.4, -0.2) is 24.0 Å². The van der Waals surface area contributed by atoms with Gasteiger partial charge in [0.2, 0.25) is 0 Å². The molecule has 0 aliphatic heterocycles. The Hall–Kier alpha value is 0.1000. The van der Waals surface area contributed by atoms with Crippen LogP contribution in [0.3, 0.4) is 0 Å². The molecule has 0 radical (unpaired) electrons. The molecule has 114 valence electrons. The lowest BCUT2D eigenvalue weighted by molar-refractivity contribution is 0.154. The third-order valence-corrected chi connectivity index (χ3v) is 5.51. The molecule has 0 saturated carbocycles. The first-order valence-corrected chi connectivity index (χ1v) is 9.00. The van der Waals surface area contributed by atoms with Crippen LogP contribution in [0.1, 0.15) is 51.6 Å². The standard InChI is InChI=1S/C16H26Br2N2/c1-4-5-6-9-20(12(2)3)16(11-19)13-7-8-14(17)15(18)10-13/h7-8,10,12,16H,4-6,9,11,19H2,1-3H3. The van der Waals surface area contributed by atoms with Gasteiger partial charge in [-0.25, -0.2) is 0 Å². The first kappa shape index (κ1) is 18.1. The summed E-state index contributed by atoms with van der Waals surface area (Å²) in [6, 6.07) is 7.23. The van der Waals surface area contributed by atoms with Crippen molar-refractivity contribution < 1.29 is 0 Å². The summed E-state index contributed by atoms with van der Waals surface area (Å²) >= 11 is 7.11. The van der Waals surface area contributed by atoms with Crippen molar-refractivity contribution in [1.82, 2.24) is 4.90 Å². The van der Waals surface area contributed by atoms with Gasteiger partial charge >= 0.3 is 0 Å². The number of unbranched alkanes of at least 4 members (excludes halogenated alkanes) is 2. The van der Waals surface area contributed by atoms with Crippen molar-refractivity contribution in [3.05, 3.63) is 32.7 Å². The van der Waals surface area contributed by atoms with Crippen LogP contribution in [0.2, 0.25) is 0 Å². The number of hydrogen-bond donors (Lipinski definition) is 1. The predicted octanol–water partition coefficient (Wildman–Crippen LogP) is 5.11. The summed E-state index contributed by atoms with van der Waals surface area (Å²) < 4.78 is 2.17. The van der Waals surface area contributed by atoms with E-state index in [1.807, 2.05) is 0 Å². The van der Waals surface area contributed by atoms with Crippen molar-refractivity contribution in [2.24, 2.45) is 5.73 Å². The maximum absolute atomic E-state index is 6.07. The van der Waals surface area contributed by atoms with Crippen LogP contribution in [0.15, 0.2) is 27.1 Å². The van der Waals surface area contributed by atoms with E-state index in [2.05, 4.69) is 75.7 Å². The fraction of sp³-hybridized carbons (Fsp3) is 0.625. The molecule has 0 bridgehead atoms. The first-order valence-electron chi connectivity index (χ1n) is 7.42. The second-order valence-electron chi connectivity index (χ2n) is 5.46.